The van der Waals surface area contributed by atoms with Gasteiger partial charge in [0, 0.05) is 0 Å². The van der Waals surface area contributed by atoms with Crippen LogP contribution in [0.5, 0.6) is 0 Å². The minimum atomic E-state index is -1.23. The van der Waals surface area contributed by atoms with E-state index in [4.69, 9.17) is 24.8 Å². The van der Waals surface area contributed by atoms with Crippen LogP contribution in [0.4, 0.5) is 0 Å². The van der Waals surface area contributed by atoms with E-state index < -0.39 is 18.5 Å². The number of aliphatic hydroxyl groups excluding tert-OH is 3. The smallest absolute Gasteiger partial charge is 0.184 e. The van der Waals surface area contributed by atoms with Gasteiger partial charge in [-0.2, -0.15) is 0 Å². The van der Waals surface area contributed by atoms with Crippen LogP contribution >= 0.6 is 0 Å². The largest absolute Gasteiger partial charge is 0.394 e. The number of ether oxygens (including phenoxy) is 2. The Morgan fingerprint density at radius 1 is 1.09 bits per heavy atom. The minimum Gasteiger partial charge on any atom is -0.394 e. The van der Waals surface area contributed by atoms with Crippen LogP contribution < -0.4 is 0 Å². The van der Waals surface area contributed by atoms with Gasteiger partial charge in [-0.15, -0.1) is 0 Å². The second-order valence-electron chi connectivity index (χ2n) is 2.80. The average Bonchev–Trinajstić information content (AvgIpc) is 2.76. The number of rotatable bonds is 1. The molecule has 0 aromatic carbocycles. The predicted octanol–water partition coefficient (Wildman–Crippen LogP) is -2.18. The summed E-state index contributed by atoms with van der Waals surface area (Å²) in [6.45, 7) is -0.190. The van der Waals surface area contributed by atoms with Crippen molar-refractivity contribution in [3.63, 3.8) is 0 Å². The van der Waals surface area contributed by atoms with E-state index in [0.717, 1.165) is 0 Å². The Morgan fingerprint density at radius 3 is 2.45 bits per heavy atom. The van der Waals surface area contributed by atoms with Crippen LogP contribution in [0.1, 0.15) is 0 Å². The summed E-state index contributed by atoms with van der Waals surface area (Å²) in [5.41, 5.74) is 0. The second-order valence-corrected chi connectivity index (χ2v) is 2.80. The first-order valence-corrected chi connectivity index (χ1v) is 3.52. The fourth-order valence-corrected chi connectivity index (χ4v) is 1.36. The van der Waals surface area contributed by atoms with Gasteiger partial charge in [0.15, 0.2) is 6.29 Å². The van der Waals surface area contributed by atoms with E-state index in [0.29, 0.717) is 0 Å². The molecule has 2 saturated heterocycles. The standard InChI is InChI=1S/C6H10O5/c7-1-2-4-5(11-4)3(8)6(9)10-2/h2-9H,1H2. The molecule has 2 rings (SSSR count). The van der Waals surface area contributed by atoms with E-state index >= 15 is 0 Å². The highest BCUT2D eigenvalue weighted by Crippen LogP contribution is 2.36. The lowest BCUT2D eigenvalue weighted by Gasteiger charge is -2.25. The summed E-state index contributed by atoms with van der Waals surface area (Å²) < 4.78 is 9.80. The number of fused-ring (bicyclic) bond motifs is 1. The van der Waals surface area contributed by atoms with Crippen LogP contribution in [-0.4, -0.2) is 52.6 Å². The van der Waals surface area contributed by atoms with Gasteiger partial charge in [-0.3, -0.25) is 0 Å². The normalized spacial score (nSPS) is 55.4. The van der Waals surface area contributed by atoms with E-state index in [9.17, 15) is 0 Å². The molecule has 5 heteroatoms. The zero-order valence-electron chi connectivity index (χ0n) is 5.75. The third kappa shape index (κ3) is 1.05. The van der Waals surface area contributed by atoms with Crippen molar-refractivity contribution in [2.75, 3.05) is 6.61 Å². The molecule has 0 radical (unpaired) electrons. The van der Waals surface area contributed by atoms with E-state index in [-0.39, 0.29) is 18.8 Å². The molecule has 2 fully saturated rings. The highest BCUT2D eigenvalue weighted by atomic mass is 16.7. The second kappa shape index (κ2) is 2.40. The zero-order chi connectivity index (χ0) is 8.01. The topological polar surface area (TPSA) is 82.5 Å². The van der Waals surface area contributed by atoms with Crippen molar-refractivity contribution >= 4 is 0 Å². The van der Waals surface area contributed by atoms with Crippen molar-refractivity contribution in [1.29, 1.82) is 0 Å². The summed E-state index contributed by atoms with van der Waals surface area (Å²) in [4.78, 5) is 0. The third-order valence-electron chi connectivity index (χ3n) is 2.05. The molecule has 2 heterocycles. The molecule has 0 aromatic heterocycles. The van der Waals surface area contributed by atoms with Crippen molar-refractivity contribution in [2.45, 2.75) is 30.7 Å². The molecule has 5 atom stereocenters. The first-order valence-electron chi connectivity index (χ1n) is 3.52. The number of hydrogen-bond donors (Lipinski definition) is 3. The maximum absolute atomic E-state index is 9.12. The van der Waals surface area contributed by atoms with Gasteiger partial charge in [0.25, 0.3) is 0 Å². The Bertz CT molecular complexity index is 157. The molecule has 3 N–H and O–H groups in total. The Kier molecular flexibility index (Phi) is 1.62. The average molecular weight is 162 g/mol. The molecule has 2 aliphatic rings. The SMILES string of the molecule is OCC1OC(O)C(O)C2OC12. The van der Waals surface area contributed by atoms with Crippen LogP contribution in [0.15, 0.2) is 0 Å². The lowest BCUT2D eigenvalue weighted by atomic mass is 10.1. The molecule has 0 amide bonds. The fourth-order valence-electron chi connectivity index (χ4n) is 1.36. The highest BCUT2D eigenvalue weighted by molar-refractivity contribution is 5.00. The van der Waals surface area contributed by atoms with Crippen LogP contribution in [0.25, 0.3) is 0 Å². The van der Waals surface area contributed by atoms with Crippen molar-refractivity contribution < 1.29 is 24.8 Å². The maximum atomic E-state index is 9.12. The van der Waals surface area contributed by atoms with Gasteiger partial charge >= 0.3 is 0 Å². The molecule has 0 aromatic rings. The van der Waals surface area contributed by atoms with E-state index in [2.05, 4.69) is 0 Å². The minimum absolute atomic E-state index is 0.190. The molecule has 0 spiro atoms. The predicted molar refractivity (Wildman–Crippen MR) is 32.6 cm³/mol. The summed E-state index contributed by atoms with van der Waals surface area (Å²) in [5.74, 6) is 0. The summed E-state index contributed by atoms with van der Waals surface area (Å²) in [6, 6.07) is 0. The molecule has 0 saturated carbocycles. The number of hydrogen-bond acceptors (Lipinski definition) is 5. The van der Waals surface area contributed by atoms with Gasteiger partial charge in [0.05, 0.1) is 6.61 Å². The van der Waals surface area contributed by atoms with Crippen molar-refractivity contribution in [3.05, 3.63) is 0 Å². The fraction of sp³-hybridized carbons (Fsp3) is 1.00. The molecular weight excluding hydrogens is 152 g/mol. The molecule has 64 valence electrons. The van der Waals surface area contributed by atoms with Crippen molar-refractivity contribution in [3.8, 4) is 0 Å². The van der Waals surface area contributed by atoms with Gasteiger partial charge in [0.2, 0.25) is 0 Å². The quantitative estimate of drug-likeness (QED) is 0.382. The maximum Gasteiger partial charge on any atom is 0.184 e. The van der Waals surface area contributed by atoms with Crippen LogP contribution in [0, 0.1) is 0 Å². The summed E-state index contributed by atoms with van der Waals surface area (Å²) >= 11 is 0. The Labute approximate surface area is 63.2 Å². The lowest BCUT2D eigenvalue weighted by Crippen LogP contribution is -2.46. The van der Waals surface area contributed by atoms with Crippen LogP contribution in [0.2, 0.25) is 0 Å². The molecular formula is C6H10O5. The molecule has 11 heavy (non-hydrogen) atoms. The summed E-state index contributed by atoms with van der Waals surface area (Å²) in [7, 11) is 0. The first-order chi connectivity index (χ1) is 5.24. The van der Waals surface area contributed by atoms with Gasteiger partial charge in [-0.25, -0.2) is 0 Å². The van der Waals surface area contributed by atoms with E-state index in [1.54, 1.807) is 0 Å². The first kappa shape index (κ1) is 7.45. The van der Waals surface area contributed by atoms with E-state index in [1.165, 1.54) is 0 Å². The van der Waals surface area contributed by atoms with Crippen LogP contribution in [-0.2, 0) is 9.47 Å². The van der Waals surface area contributed by atoms with Gasteiger partial charge in [-0.05, 0) is 0 Å². The number of epoxide rings is 1. The van der Waals surface area contributed by atoms with Gasteiger partial charge < -0.3 is 24.8 Å². The van der Waals surface area contributed by atoms with E-state index in [1.807, 2.05) is 0 Å². The Hall–Kier alpha value is -0.200. The third-order valence-corrected chi connectivity index (χ3v) is 2.05. The monoisotopic (exact) mass is 162 g/mol. The molecule has 2 aliphatic heterocycles. The highest BCUT2D eigenvalue weighted by Gasteiger charge is 2.56. The molecule has 5 nitrogen and oxygen atoms in total. The molecule has 5 unspecified atom stereocenters. The molecule has 0 aliphatic carbocycles. The summed E-state index contributed by atoms with van der Waals surface area (Å²) in [5, 5.41) is 26.8. The van der Waals surface area contributed by atoms with Gasteiger partial charge in [0.1, 0.15) is 24.4 Å². The van der Waals surface area contributed by atoms with Gasteiger partial charge in [-0.1, -0.05) is 0 Å². The Balaban J connectivity index is 2.02. The van der Waals surface area contributed by atoms with Crippen molar-refractivity contribution in [2.24, 2.45) is 0 Å². The summed E-state index contributed by atoms with van der Waals surface area (Å²) in [6.07, 6.45) is -3.27. The molecule has 0 bridgehead atoms. The Morgan fingerprint density at radius 2 is 1.82 bits per heavy atom. The van der Waals surface area contributed by atoms with Crippen molar-refractivity contribution in [1.82, 2.24) is 0 Å². The lowest BCUT2D eigenvalue weighted by molar-refractivity contribution is -0.209. The number of aliphatic hydroxyl groups is 3. The van der Waals surface area contributed by atoms with Crippen LogP contribution in [0.3, 0.4) is 0 Å². The zero-order valence-corrected chi connectivity index (χ0v) is 5.75.